The van der Waals surface area contributed by atoms with E-state index in [1.807, 2.05) is 0 Å². The number of hydrogen-bond donors (Lipinski definition) is 7. The van der Waals surface area contributed by atoms with E-state index in [4.69, 9.17) is 0 Å². The van der Waals surface area contributed by atoms with Gasteiger partial charge in [0.25, 0.3) is 0 Å². The van der Waals surface area contributed by atoms with E-state index in [9.17, 15) is 30.0 Å². The number of aliphatic hydroxyl groups is 2. The Morgan fingerprint density at radius 3 is 2.50 bits per heavy atom. The maximum atomic E-state index is 12.3. The Morgan fingerprint density at radius 1 is 1.07 bits per heavy atom. The third-order valence-electron chi connectivity index (χ3n) is 4.07. The number of aromatic hydroxyl groups is 2. The lowest BCUT2D eigenvalue weighted by Gasteiger charge is -2.17. The number of nitrogens with one attached hydrogen (secondary N) is 2. The number of carbonyl (C=O) groups is 2. The number of hydrogen-bond acceptors (Lipinski definition) is 7. The first-order chi connectivity index (χ1) is 13.3. The van der Waals surface area contributed by atoms with Crippen molar-refractivity contribution in [1.29, 1.82) is 0 Å². The Bertz CT molecular complexity index is 847. The number of phenols is 2. The third-order valence-corrected chi connectivity index (χ3v) is 4.43. The molecule has 2 rings (SSSR count). The molecule has 8 nitrogen and oxygen atoms in total. The summed E-state index contributed by atoms with van der Waals surface area (Å²) in [7, 11) is 0. The third kappa shape index (κ3) is 5.71. The summed E-state index contributed by atoms with van der Waals surface area (Å²) in [5, 5.41) is 42.9. The van der Waals surface area contributed by atoms with Gasteiger partial charge in [-0.05, 0) is 48.8 Å². The quantitative estimate of drug-likeness (QED) is 0.270. The normalized spacial score (nSPS) is 14.8. The minimum absolute atomic E-state index is 0.0764. The number of thiol groups is 1. The molecule has 1 aliphatic carbocycles. The highest BCUT2D eigenvalue weighted by Gasteiger charge is 2.21. The van der Waals surface area contributed by atoms with Crippen LogP contribution >= 0.6 is 12.6 Å². The highest BCUT2D eigenvalue weighted by atomic mass is 32.1. The maximum absolute atomic E-state index is 12.3. The molecular formula is C19H22N2O6S. The number of carbonyl (C=O) groups excluding carboxylic acids is 2. The predicted molar refractivity (Wildman–Crippen MR) is 106 cm³/mol. The van der Waals surface area contributed by atoms with Crippen molar-refractivity contribution in [3.63, 3.8) is 0 Å². The van der Waals surface area contributed by atoms with Crippen LogP contribution in [0.2, 0.25) is 0 Å². The van der Waals surface area contributed by atoms with Gasteiger partial charge in [0.05, 0.1) is 0 Å². The first kappa shape index (κ1) is 21.2. The second kappa shape index (κ2) is 9.75. The van der Waals surface area contributed by atoms with E-state index in [-0.39, 0.29) is 47.3 Å². The molecule has 0 heterocycles. The van der Waals surface area contributed by atoms with Gasteiger partial charge in [-0.1, -0.05) is 6.07 Å². The molecule has 0 radical (unpaired) electrons. The van der Waals surface area contributed by atoms with Crippen molar-refractivity contribution in [1.82, 2.24) is 10.6 Å². The van der Waals surface area contributed by atoms with Gasteiger partial charge in [0.1, 0.15) is 6.04 Å². The SMILES string of the molecule is O=C(N[C@@H](CS)C(=O)NCCc1ccc(O)c(O)c1)C1=CC=C(O)C(O)=CC1. The van der Waals surface area contributed by atoms with Gasteiger partial charge in [-0.3, -0.25) is 9.59 Å². The highest BCUT2D eigenvalue weighted by Crippen LogP contribution is 2.24. The van der Waals surface area contributed by atoms with E-state index >= 15 is 0 Å². The van der Waals surface area contributed by atoms with E-state index in [0.717, 1.165) is 5.56 Å². The van der Waals surface area contributed by atoms with Crippen LogP contribution in [0.1, 0.15) is 12.0 Å². The Kier molecular flexibility index (Phi) is 7.39. The van der Waals surface area contributed by atoms with Crippen LogP contribution < -0.4 is 10.6 Å². The molecule has 1 aliphatic rings. The summed E-state index contributed by atoms with van der Waals surface area (Å²) in [6.45, 7) is 0.263. The van der Waals surface area contributed by atoms with Gasteiger partial charge in [0.15, 0.2) is 23.0 Å². The van der Waals surface area contributed by atoms with Crippen molar-refractivity contribution in [2.45, 2.75) is 18.9 Å². The summed E-state index contributed by atoms with van der Waals surface area (Å²) in [6.07, 6.45) is 4.40. The zero-order chi connectivity index (χ0) is 20.7. The van der Waals surface area contributed by atoms with Gasteiger partial charge in [-0.25, -0.2) is 0 Å². The number of amides is 2. The second-order valence-corrected chi connectivity index (χ2v) is 6.48. The molecule has 0 bridgehead atoms. The zero-order valence-corrected chi connectivity index (χ0v) is 15.8. The molecule has 1 atom stereocenters. The van der Waals surface area contributed by atoms with E-state index < -0.39 is 17.9 Å². The fourth-order valence-corrected chi connectivity index (χ4v) is 2.69. The van der Waals surface area contributed by atoms with Crippen LogP contribution in [0.3, 0.4) is 0 Å². The van der Waals surface area contributed by atoms with Crippen molar-refractivity contribution >= 4 is 24.4 Å². The Labute approximate surface area is 167 Å². The molecule has 0 unspecified atom stereocenters. The van der Waals surface area contributed by atoms with Crippen molar-refractivity contribution < 1.29 is 30.0 Å². The van der Waals surface area contributed by atoms with E-state index in [2.05, 4.69) is 23.3 Å². The van der Waals surface area contributed by atoms with Gasteiger partial charge >= 0.3 is 0 Å². The van der Waals surface area contributed by atoms with Crippen molar-refractivity contribution in [2.24, 2.45) is 0 Å². The molecule has 1 aromatic rings. The number of benzene rings is 1. The van der Waals surface area contributed by atoms with E-state index in [1.54, 1.807) is 6.07 Å². The monoisotopic (exact) mass is 406 g/mol. The standard InChI is InChI=1S/C19H22N2O6S/c22-14-5-2-12(3-6-15(14)23)18(26)21-13(10-28)19(27)20-8-7-11-1-4-16(24)17(25)9-11/h1-2,4-6,9,13,22-25,28H,3,7-8,10H2,(H,20,27)(H,21,26)/t13-/m0/s1. The molecule has 1 aromatic carbocycles. The van der Waals surface area contributed by atoms with Gasteiger partial charge in [-0.2, -0.15) is 12.6 Å². The highest BCUT2D eigenvalue weighted by molar-refractivity contribution is 7.80. The molecule has 0 aliphatic heterocycles. The molecule has 6 N–H and O–H groups in total. The average Bonchev–Trinajstić information content (AvgIpc) is 2.84. The molecule has 9 heteroatoms. The molecule has 0 saturated carbocycles. The summed E-state index contributed by atoms with van der Waals surface area (Å²) in [5.41, 5.74) is 0.999. The summed E-state index contributed by atoms with van der Waals surface area (Å²) in [5.74, 6) is -1.96. The zero-order valence-electron chi connectivity index (χ0n) is 14.9. The van der Waals surface area contributed by atoms with Gasteiger partial charge in [0.2, 0.25) is 11.8 Å². The van der Waals surface area contributed by atoms with Crippen molar-refractivity contribution in [3.8, 4) is 11.5 Å². The van der Waals surface area contributed by atoms with Gasteiger partial charge < -0.3 is 31.1 Å². The molecule has 28 heavy (non-hydrogen) atoms. The number of allylic oxidation sites excluding steroid dienone is 3. The lowest BCUT2D eigenvalue weighted by molar-refractivity contribution is -0.126. The molecular weight excluding hydrogens is 384 g/mol. The molecule has 0 fully saturated rings. The maximum Gasteiger partial charge on any atom is 0.248 e. The molecule has 0 spiro atoms. The van der Waals surface area contributed by atoms with Crippen LogP contribution in [-0.4, -0.2) is 50.6 Å². The number of phenolic OH excluding ortho intramolecular Hbond substituents is 2. The van der Waals surface area contributed by atoms with E-state index in [0.29, 0.717) is 6.42 Å². The summed E-state index contributed by atoms with van der Waals surface area (Å²) < 4.78 is 0. The van der Waals surface area contributed by atoms with Crippen molar-refractivity contribution in [2.75, 3.05) is 12.3 Å². The van der Waals surface area contributed by atoms with Gasteiger partial charge in [-0.15, -0.1) is 0 Å². The molecule has 150 valence electrons. The van der Waals surface area contributed by atoms with Crippen LogP contribution in [0, 0.1) is 0 Å². The largest absolute Gasteiger partial charge is 0.504 e. The summed E-state index contributed by atoms with van der Waals surface area (Å²) in [4.78, 5) is 24.6. The summed E-state index contributed by atoms with van der Waals surface area (Å²) >= 11 is 4.10. The number of aliphatic hydroxyl groups excluding tert-OH is 2. The smallest absolute Gasteiger partial charge is 0.248 e. The molecule has 2 amide bonds. The lowest BCUT2D eigenvalue weighted by atomic mass is 10.1. The van der Waals surface area contributed by atoms with Crippen LogP contribution in [0.15, 0.2) is 53.5 Å². The Balaban J connectivity index is 1.89. The molecule has 0 saturated heterocycles. The van der Waals surface area contributed by atoms with Crippen LogP contribution in [0.25, 0.3) is 0 Å². The minimum atomic E-state index is -0.872. The van der Waals surface area contributed by atoms with Crippen LogP contribution in [0.4, 0.5) is 0 Å². The predicted octanol–water partition coefficient (Wildman–Crippen LogP) is 1.38. The van der Waals surface area contributed by atoms with Crippen LogP contribution in [0.5, 0.6) is 11.5 Å². The fourth-order valence-electron chi connectivity index (χ4n) is 2.44. The second-order valence-electron chi connectivity index (χ2n) is 6.11. The lowest BCUT2D eigenvalue weighted by Crippen LogP contribution is -2.48. The topological polar surface area (TPSA) is 139 Å². The fraction of sp³-hybridized carbons (Fsp3) is 0.263. The number of rotatable bonds is 7. The molecule has 0 aromatic heterocycles. The van der Waals surface area contributed by atoms with E-state index in [1.165, 1.54) is 30.4 Å². The van der Waals surface area contributed by atoms with Crippen LogP contribution in [-0.2, 0) is 16.0 Å². The first-order valence-corrected chi connectivity index (χ1v) is 9.14. The van der Waals surface area contributed by atoms with Crippen molar-refractivity contribution in [3.05, 3.63) is 59.1 Å². The summed E-state index contributed by atoms with van der Waals surface area (Å²) in [6, 6.07) is 3.53. The first-order valence-electron chi connectivity index (χ1n) is 8.51. The Morgan fingerprint density at radius 2 is 1.82 bits per heavy atom. The van der Waals surface area contributed by atoms with Gasteiger partial charge in [0, 0.05) is 17.9 Å². The average molecular weight is 406 g/mol. The minimum Gasteiger partial charge on any atom is -0.504 e. The Hall–Kier alpha value is -3.07.